The van der Waals surface area contributed by atoms with Crippen molar-refractivity contribution in [2.45, 2.75) is 24.7 Å². The van der Waals surface area contributed by atoms with Crippen molar-refractivity contribution in [3.8, 4) is 5.69 Å². The van der Waals surface area contributed by atoms with Gasteiger partial charge in [0.1, 0.15) is 10.7 Å². The second-order valence-corrected chi connectivity index (χ2v) is 10.4. The first-order valence-electron chi connectivity index (χ1n) is 10.4. The highest BCUT2D eigenvalue weighted by molar-refractivity contribution is 7.90. The molecule has 0 aliphatic carbocycles. The van der Waals surface area contributed by atoms with Gasteiger partial charge in [-0.3, -0.25) is 14.5 Å². The SMILES string of the molecule is Cc1nn(-c2ccccc2)c2sc(C(=O)Nc3cccc(S(=O)(=O)NC4=NCCC4)c3)cc12. The third-order valence-corrected chi connectivity index (χ3v) is 7.79. The molecule has 2 aromatic carbocycles. The largest absolute Gasteiger partial charge is 0.321 e. The van der Waals surface area contributed by atoms with Gasteiger partial charge in [-0.1, -0.05) is 24.3 Å². The molecule has 1 amide bonds. The normalized spacial score (nSPS) is 13.8. The van der Waals surface area contributed by atoms with Gasteiger partial charge in [0.25, 0.3) is 15.9 Å². The summed E-state index contributed by atoms with van der Waals surface area (Å²) in [7, 11) is -3.76. The third kappa shape index (κ3) is 4.27. The lowest BCUT2D eigenvalue weighted by atomic mass is 10.3. The molecule has 0 spiro atoms. The van der Waals surface area contributed by atoms with Gasteiger partial charge in [-0.2, -0.15) is 5.10 Å². The number of hydrogen-bond acceptors (Lipinski definition) is 6. The lowest BCUT2D eigenvalue weighted by molar-refractivity contribution is 0.103. The maximum Gasteiger partial charge on any atom is 0.265 e. The minimum atomic E-state index is -3.76. The van der Waals surface area contributed by atoms with Gasteiger partial charge >= 0.3 is 0 Å². The number of sulfonamides is 1. The average Bonchev–Trinajstić information content (AvgIpc) is 3.53. The maximum atomic E-state index is 13.0. The number of amides is 1. The number of nitrogens with zero attached hydrogens (tertiary/aromatic N) is 3. The van der Waals surface area contributed by atoms with E-state index in [0.29, 0.717) is 29.4 Å². The van der Waals surface area contributed by atoms with E-state index in [1.807, 2.05) is 48.0 Å². The number of aryl methyl sites for hydroxylation is 1. The van der Waals surface area contributed by atoms with E-state index in [4.69, 9.17) is 0 Å². The van der Waals surface area contributed by atoms with Crippen LogP contribution in [0.3, 0.4) is 0 Å². The minimum absolute atomic E-state index is 0.0711. The Morgan fingerprint density at radius 1 is 1.09 bits per heavy atom. The Morgan fingerprint density at radius 2 is 1.91 bits per heavy atom. The van der Waals surface area contributed by atoms with Crippen LogP contribution in [-0.4, -0.2) is 36.5 Å². The number of aliphatic imine (C=N–C) groups is 1. The number of aromatic nitrogens is 2. The van der Waals surface area contributed by atoms with Crippen LogP contribution >= 0.6 is 11.3 Å². The Labute approximate surface area is 195 Å². The summed E-state index contributed by atoms with van der Waals surface area (Å²) in [4.78, 5) is 18.6. The lowest BCUT2D eigenvalue weighted by Gasteiger charge is -2.09. The van der Waals surface area contributed by atoms with E-state index in [2.05, 4.69) is 20.1 Å². The number of nitrogens with one attached hydrogen (secondary N) is 2. The molecule has 10 heteroatoms. The van der Waals surface area contributed by atoms with Crippen molar-refractivity contribution in [2.75, 3.05) is 11.9 Å². The van der Waals surface area contributed by atoms with Crippen LogP contribution in [0, 0.1) is 6.92 Å². The van der Waals surface area contributed by atoms with Crippen LogP contribution in [-0.2, 0) is 10.0 Å². The molecule has 33 heavy (non-hydrogen) atoms. The molecule has 3 heterocycles. The van der Waals surface area contributed by atoms with Crippen LogP contribution in [0.25, 0.3) is 15.9 Å². The molecule has 0 atom stereocenters. The van der Waals surface area contributed by atoms with E-state index in [1.54, 1.807) is 12.1 Å². The number of carbonyl (C=O) groups is 1. The highest BCUT2D eigenvalue weighted by Gasteiger charge is 2.20. The standard InChI is InChI=1S/C23H21N5O3S2/c1-15-19-14-20(32-23(19)28(26-15)17-8-3-2-4-9-17)22(29)25-16-7-5-10-18(13-16)33(30,31)27-21-11-6-12-24-21/h2-5,7-10,13-14H,6,11-12H2,1H3,(H,24,27)(H,25,29). The van der Waals surface area contributed by atoms with Crippen LogP contribution in [0.2, 0.25) is 0 Å². The van der Waals surface area contributed by atoms with Crippen molar-refractivity contribution in [1.82, 2.24) is 14.5 Å². The molecule has 0 bridgehead atoms. The molecule has 4 aromatic rings. The zero-order chi connectivity index (χ0) is 23.0. The molecule has 2 aromatic heterocycles. The fourth-order valence-electron chi connectivity index (χ4n) is 3.67. The van der Waals surface area contributed by atoms with Crippen molar-refractivity contribution in [2.24, 2.45) is 4.99 Å². The first-order valence-corrected chi connectivity index (χ1v) is 12.7. The number of anilines is 1. The second-order valence-electron chi connectivity index (χ2n) is 7.68. The zero-order valence-electron chi connectivity index (χ0n) is 17.8. The van der Waals surface area contributed by atoms with Gasteiger partial charge in [0.15, 0.2) is 0 Å². The number of hydrogen-bond donors (Lipinski definition) is 2. The van der Waals surface area contributed by atoms with Crippen molar-refractivity contribution in [1.29, 1.82) is 0 Å². The van der Waals surface area contributed by atoms with Crippen LogP contribution in [0.4, 0.5) is 5.69 Å². The van der Waals surface area contributed by atoms with E-state index in [1.165, 1.54) is 23.5 Å². The number of benzene rings is 2. The summed E-state index contributed by atoms with van der Waals surface area (Å²) in [5.74, 6) is 0.162. The van der Waals surface area contributed by atoms with Crippen molar-refractivity contribution < 1.29 is 13.2 Å². The molecular weight excluding hydrogens is 458 g/mol. The zero-order valence-corrected chi connectivity index (χ0v) is 19.4. The molecule has 0 saturated heterocycles. The van der Waals surface area contributed by atoms with Crippen LogP contribution in [0.5, 0.6) is 0 Å². The van der Waals surface area contributed by atoms with E-state index in [9.17, 15) is 13.2 Å². The number of thiophene rings is 1. The molecule has 1 aliphatic heterocycles. The number of para-hydroxylation sites is 1. The highest BCUT2D eigenvalue weighted by Crippen LogP contribution is 2.31. The van der Waals surface area contributed by atoms with Gasteiger partial charge in [-0.25, -0.2) is 13.1 Å². The lowest BCUT2D eigenvalue weighted by Crippen LogP contribution is -2.29. The third-order valence-electron chi connectivity index (χ3n) is 5.30. The Hall–Kier alpha value is -3.50. The van der Waals surface area contributed by atoms with Crippen LogP contribution < -0.4 is 10.0 Å². The fraction of sp³-hybridized carbons (Fsp3) is 0.174. The Morgan fingerprint density at radius 3 is 2.67 bits per heavy atom. The Bertz CT molecular complexity index is 1490. The number of rotatable bonds is 5. The summed E-state index contributed by atoms with van der Waals surface area (Å²) in [6.45, 7) is 2.54. The van der Waals surface area contributed by atoms with E-state index in [0.717, 1.165) is 28.0 Å². The minimum Gasteiger partial charge on any atom is -0.321 e. The molecule has 0 saturated carbocycles. The molecule has 1 aliphatic rings. The molecular formula is C23H21N5O3S2. The molecule has 0 fully saturated rings. The predicted octanol–water partition coefficient (Wildman–Crippen LogP) is 4.12. The summed E-state index contributed by atoms with van der Waals surface area (Å²) in [5, 5.41) is 8.32. The van der Waals surface area contributed by atoms with Crippen LogP contribution in [0.1, 0.15) is 28.2 Å². The van der Waals surface area contributed by atoms with Crippen molar-refractivity contribution in [3.63, 3.8) is 0 Å². The first-order chi connectivity index (χ1) is 15.9. The van der Waals surface area contributed by atoms with Gasteiger partial charge in [-0.15, -0.1) is 11.3 Å². The average molecular weight is 480 g/mol. The number of carbonyl (C=O) groups excluding carboxylic acids is 1. The summed E-state index contributed by atoms with van der Waals surface area (Å²) in [5.41, 5.74) is 2.15. The Balaban J connectivity index is 1.39. The van der Waals surface area contributed by atoms with E-state index < -0.39 is 10.0 Å². The summed E-state index contributed by atoms with van der Waals surface area (Å²) in [6, 6.07) is 17.8. The van der Waals surface area contributed by atoms with Gasteiger partial charge in [0.05, 0.1) is 21.2 Å². The van der Waals surface area contributed by atoms with Gasteiger partial charge in [0, 0.05) is 24.0 Å². The fourth-order valence-corrected chi connectivity index (χ4v) is 5.89. The highest BCUT2D eigenvalue weighted by atomic mass is 32.2. The number of amidine groups is 1. The van der Waals surface area contributed by atoms with E-state index >= 15 is 0 Å². The quantitative estimate of drug-likeness (QED) is 0.449. The second kappa shape index (κ2) is 8.45. The molecule has 0 unspecified atom stereocenters. The topological polar surface area (TPSA) is 105 Å². The summed E-state index contributed by atoms with van der Waals surface area (Å²) >= 11 is 1.34. The van der Waals surface area contributed by atoms with Gasteiger partial charge in [-0.05, 0) is 49.7 Å². The molecule has 2 N–H and O–H groups in total. The number of fused-ring (bicyclic) bond motifs is 1. The van der Waals surface area contributed by atoms with Crippen LogP contribution in [0.15, 0.2) is 70.6 Å². The summed E-state index contributed by atoms with van der Waals surface area (Å²) < 4.78 is 29.7. The molecule has 8 nitrogen and oxygen atoms in total. The predicted molar refractivity (Wildman–Crippen MR) is 130 cm³/mol. The maximum absolute atomic E-state index is 13.0. The van der Waals surface area contributed by atoms with Gasteiger partial charge < -0.3 is 5.32 Å². The Kier molecular flexibility index (Phi) is 5.47. The van der Waals surface area contributed by atoms with E-state index in [-0.39, 0.29) is 10.8 Å². The van der Waals surface area contributed by atoms with Crippen molar-refractivity contribution in [3.05, 3.63) is 71.2 Å². The molecule has 0 radical (unpaired) electrons. The first kappa shape index (κ1) is 21.4. The summed E-state index contributed by atoms with van der Waals surface area (Å²) in [6.07, 6.45) is 1.45. The molecule has 168 valence electrons. The van der Waals surface area contributed by atoms with Gasteiger partial charge in [0.2, 0.25) is 0 Å². The monoisotopic (exact) mass is 479 g/mol. The van der Waals surface area contributed by atoms with Crippen molar-refractivity contribution >= 4 is 49.0 Å². The molecule has 5 rings (SSSR count). The smallest absolute Gasteiger partial charge is 0.265 e.